The van der Waals surface area contributed by atoms with E-state index >= 15 is 0 Å². The lowest BCUT2D eigenvalue weighted by Gasteiger charge is -2.32. The number of carbonyl (C=O) groups is 1. The Balaban J connectivity index is 2.37. The van der Waals surface area contributed by atoms with Gasteiger partial charge in [-0.25, -0.2) is 5.01 Å². The average molecular weight is 295 g/mol. The minimum absolute atomic E-state index is 0.0679. The highest BCUT2D eigenvalue weighted by molar-refractivity contribution is 9.10. The molecule has 0 aliphatic carbocycles. The number of halogens is 1. The number of hydrogen-bond donors (Lipinski definition) is 0. The van der Waals surface area contributed by atoms with Crippen molar-refractivity contribution in [2.45, 2.75) is 20.3 Å². The van der Waals surface area contributed by atoms with Crippen LogP contribution in [0.15, 0.2) is 33.8 Å². The Morgan fingerprint density at radius 2 is 1.88 bits per heavy atom. The predicted octanol–water partition coefficient (Wildman–Crippen LogP) is 3.04. The minimum atomic E-state index is -0.376. The molecule has 4 heteroatoms. The number of rotatable bonds is 1. The van der Waals surface area contributed by atoms with Crippen molar-refractivity contribution in [3.63, 3.8) is 0 Å². The standard InChI is InChI=1S/C13H15BrN2O/c1-13(2)8-11(15-16(3)12(13)17)9-4-6-10(14)7-5-9/h4-7H,8H2,1-3H3. The van der Waals surface area contributed by atoms with Gasteiger partial charge in [0.15, 0.2) is 0 Å². The van der Waals surface area contributed by atoms with Crippen LogP contribution in [0.5, 0.6) is 0 Å². The van der Waals surface area contributed by atoms with Crippen LogP contribution in [-0.4, -0.2) is 23.7 Å². The molecule has 1 aliphatic rings. The molecule has 2 rings (SSSR count). The smallest absolute Gasteiger partial charge is 0.248 e. The van der Waals surface area contributed by atoms with Crippen LogP contribution in [0.1, 0.15) is 25.8 Å². The first-order chi connectivity index (χ1) is 7.90. The second kappa shape index (κ2) is 4.26. The van der Waals surface area contributed by atoms with Crippen molar-refractivity contribution in [1.82, 2.24) is 5.01 Å². The summed E-state index contributed by atoms with van der Waals surface area (Å²) in [6.07, 6.45) is 0.678. The highest BCUT2D eigenvalue weighted by Gasteiger charge is 2.36. The molecule has 17 heavy (non-hydrogen) atoms. The molecule has 1 amide bonds. The number of carbonyl (C=O) groups excluding carboxylic acids is 1. The van der Waals surface area contributed by atoms with E-state index in [2.05, 4.69) is 21.0 Å². The van der Waals surface area contributed by atoms with E-state index in [1.807, 2.05) is 38.1 Å². The van der Waals surface area contributed by atoms with Crippen molar-refractivity contribution in [3.05, 3.63) is 34.3 Å². The summed E-state index contributed by atoms with van der Waals surface area (Å²) in [5.41, 5.74) is 1.66. The van der Waals surface area contributed by atoms with Crippen LogP contribution in [0.25, 0.3) is 0 Å². The largest absolute Gasteiger partial charge is 0.272 e. The third-order valence-electron chi connectivity index (χ3n) is 2.93. The van der Waals surface area contributed by atoms with Crippen molar-refractivity contribution in [3.8, 4) is 0 Å². The molecule has 0 unspecified atom stereocenters. The number of amides is 1. The lowest BCUT2D eigenvalue weighted by atomic mass is 9.83. The summed E-state index contributed by atoms with van der Waals surface area (Å²) < 4.78 is 1.04. The van der Waals surface area contributed by atoms with Gasteiger partial charge in [0.25, 0.3) is 0 Å². The van der Waals surface area contributed by atoms with Crippen LogP contribution in [0, 0.1) is 5.41 Å². The highest BCUT2D eigenvalue weighted by Crippen LogP contribution is 2.30. The van der Waals surface area contributed by atoms with Gasteiger partial charge in [0.2, 0.25) is 5.91 Å². The normalized spacial score (nSPS) is 19.2. The molecule has 0 atom stereocenters. The molecule has 0 saturated heterocycles. The van der Waals surface area contributed by atoms with Gasteiger partial charge < -0.3 is 0 Å². The summed E-state index contributed by atoms with van der Waals surface area (Å²) in [6, 6.07) is 8.01. The Bertz CT molecular complexity index is 477. The summed E-state index contributed by atoms with van der Waals surface area (Å²) in [5.74, 6) is 0.0679. The van der Waals surface area contributed by atoms with Crippen LogP contribution in [0.3, 0.4) is 0 Å². The third-order valence-corrected chi connectivity index (χ3v) is 3.46. The van der Waals surface area contributed by atoms with Crippen molar-refractivity contribution in [1.29, 1.82) is 0 Å². The third kappa shape index (κ3) is 2.41. The SMILES string of the molecule is CN1N=C(c2ccc(Br)cc2)CC(C)(C)C1=O. The molecule has 1 aliphatic heterocycles. The topological polar surface area (TPSA) is 32.7 Å². The summed E-state index contributed by atoms with van der Waals surface area (Å²) >= 11 is 3.41. The Hall–Kier alpha value is -1.16. The molecule has 0 aromatic heterocycles. The van der Waals surface area contributed by atoms with E-state index in [-0.39, 0.29) is 11.3 Å². The quantitative estimate of drug-likeness (QED) is 0.784. The maximum absolute atomic E-state index is 11.9. The van der Waals surface area contributed by atoms with Gasteiger partial charge in [-0.1, -0.05) is 41.9 Å². The van der Waals surface area contributed by atoms with Crippen molar-refractivity contribution in [2.24, 2.45) is 10.5 Å². The molecule has 90 valence electrons. The lowest BCUT2D eigenvalue weighted by Crippen LogP contribution is -2.42. The maximum atomic E-state index is 11.9. The van der Waals surface area contributed by atoms with Gasteiger partial charge in [0.05, 0.1) is 11.1 Å². The first kappa shape index (κ1) is 12.3. The van der Waals surface area contributed by atoms with E-state index in [0.29, 0.717) is 6.42 Å². The van der Waals surface area contributed by atoms with Gasteiger partial charge in [-0.2, -0.15) is 5.10 Å². The van der Waals surface area contributed by atoms with Crippen LogP contribution in [0.2, 0.25) is 0 Å². The van der Waals surface area contributed by atoms with Crippen molar-refractivity contribution < 1.29 is 4.79 Å². The fourth-order valence-electron chi connectivity index (χ4n) is 2.00. The molecular formula is C13H15BrN2O. The number of nitrogens with zero attached hydrogens (tertiary/aromatic N) is 2. The molecule has 3 nitrogen and oxygen atoms in total. The lowest BCUT2D eigenvalue weighted by molar-refractivity contribution is -0.139. The second-order valence-electron chi connectivity index (χ2n) is 4.94. The van der Waals surface area contributed by atoms with E-state index < -0.39 is 0 Å². The zero-order chi connectivity index (χ0) is 12.6. The van der Waals surface area contributed by atoms with E-state index in [9.17, 15) is 4.79 Å². The van der Waals surface area contributed by atoms with Gasteiger partial charge in [-0.05, 0) is 17.7 Å². The summed E-state index contributed by atoms with van der Waals surface area (Å²) in [5, 5.41) is 5.79. The fraction of sp³-hybridized carbons (Fsp3) is 0.385. The Kier molecular flexibility index (Phi) is 3.08. The first-order valence-electron chi connectivity index (χ1n) is 5.52. The zero-order valence-corrected chi connectivity index (χ0v) is 11.8. The van der Waals surface area contributed by atoms with E-state index in [4.69, 9.17) is 0 Å². The van der Waals surface area contributed by atoms with Crippen molar-refractivity contribution >= 4 is 27.5 Å². The van der Waals surface area contributed by atoms with Gasteiger partial charge in [0.1, 0.15) is 0 Å². The molecule has 1 aromatic rings. The maximum Gasteiger partial charge on any atom is 0.248 e. The molecule has 0 spiro atoms. The van der Waals surface area contributed by atoms with E-state index in [1.54, 1.807) is 7.05 Å². The van der Waals surface area contributed by atoms with E-state index in [1.165, 1.54) is 5.01 Å². The predicted molar refractivity (Wildman–Crippen MR) is 71.8 cm³/mol. The number of hydrogen-bond acceptors (Lipinski definition) is 2. The van der Waals surface area contributed by atoms with Crippen LogP contribution < -0.4 is 0 Å². The molecule has 0 bridgehead atoms. The summed E-state index contributed by atoms with van der Waals surface area (Å²) in [7, 11) is 1.71. The van der Waals surface area contributed by atoms with Gasteiger partial charge >= 0.3 is 0 Å². The summed E-state index contributed by atoms with van der Waals surface area (Å²) in [6.45, 7) is 3.92. The molecular weight excluding hydrogens is 280 g/mol. The fourth-order valence-corrected chi connectivity index (χ4v) is 2.26. The number of benzene rings is 1. The second-order valence-corrected chi connectivity index (χ2v) is 5.86. The molecule has 0 N–H and O–H groups in total. The monoisotopic (exact) mass is 294 g/mol. The molecule has 1 heterocycles. The highest BCUT2D eigenvalue weighted by atomic mass is 79.9. The first-order valence-corrected chi connectivity index (χ1v) is 6.31. The van der Waals surface area contributed by atoms with E-state index in [0.717, 1.165) is 15.7 Å². The Labute approximate surface area is 110 Å². The van der Waals surface area contributed by atoms with Gasteiger partial charge in [0, 0.05) is 17.9 Å². The van der Waals surface area contributed by atoms with Crippen molar-refractivity contribution in [2.75, 3.05) is 7.05 Å². The molecule has 0 fully saturated rings. The van der Waals surface area contributed by atoms with Crippen LogP contribution >= 0.6 is 15.9 Å². The van der Waals surface area contributed by atoms with Gasteiger partial charge in [-0.3, -0.25) is 4.79 Å². The minimum Gasteiger partial charge on any atom is -0.272 e. The molecule has 1 aromatic carbocycles. The molecule has 0 radical (unpaired) electrons. The number of hydrazone groups is 1. The average Bonchev–Trinajstić information content (AvgIpc) is 2.26. The van der Waals surface area contributed by atoms with Gasteiger partial charge in [-0.15, -0.1) is 0 Å². The van der Waals surface area contributed by atoms with Crippen LogP contribution in [0.4, 0.5) is 0 Å². The Morgan fingerprint density at radius 1 is 1.29 bits per heavy atom. The molecule has 0 saturated carbocycles. The van der Waals surface area contributed by atoms with Crippen LogP contribution in [-0.2, 0) is 4.79 Å². The Morgan fingerprint density at radius 3 is 2.41 bits per heavy atom. The summed E-state index contributed by atoms with van der Waals surface area (Å²) in [4.78, 5) is 11.9. The zero-order valence-electron chi connectivity index (χ0n) is 10.2.